The van der Waals surface area contributed by atoms with Crippen LogP contribution in [0.4, 0.5) is 14.4 Å². The van der Waals surface area contributed by atoms with Crippen molar-refractivity contribution >= 4 is 33.6 Å². The number of hydrogen-bond acceptors (Lipinski definition) is 4. The van der Waals surface area contributed by atoms with Crippen LogP contribution in [0.5, 0.6) is 0 Å². The molecule has 0 saturated carbocycles. The molecule has 0 aliphatic rings. The molecule has 0 aromatic heterocycles. The zero-order valence-corrected chi connectivity index (χ0v) is 12.1. The number of halogens is 2. The number of ether oxygens (including phenoxy) is 1. The van der Waals surface area contributed by atoms with E-state index in [1.807, 2.05) is 0 Å². The summed E-state index contributed by atoms with van der Waals surface area (Å²) in [4.78, 5) is 10.8. The summed E-state index contributed by atoms with van der Waals surface area (Å²) < 4.78 is 39.9. The van der Waals surface area contributed by atoms with E-state index in [4.69, 9.17) is 16.3 Å². The predicted molar refractivity (Wildman–Crippen MR) is 69.6 cm³/mol. The lowest BCUT2D eigenvalue weighted by Gasteiger charge is -2.20. The van der Waals surface area contributed by atoms with Crippen LogP contribution in [-0.2, 0) is 15.0 Å². The predicted octanol–water partition coefficient (Wildman–Crippen LogP) is 3.35. The molecule has 8 heteroatoms. The molecule has 0 aliphatic carbocycles. The van der Waals surface area contributed by atoms with Gasteiger partial charge in [-0.05, 0) is 39.0 Å². The highest BCUT2D eigenvalue weighted by Gasteiger charge is 2.22. The van der Waals surface area contributed by atoms with E-state index in [1.54, 1.807) is 20.8 Å². The van der Waals surface area contributed by atoms with Crippen LogP contribution in [-0.4, -0.2) is 20.1 Å². The molecule has 1 aromatic carbocycles. The van der Waals surface area contributed by atoms with Crippen molar-refractivity contribution in [3.63, 3.8) is 0 Å². The van der Waals surface area contributed by atoms with Crippen LogP contribution in [0.1, 0.15) is 20.8 Å². The van der Waals surface area contributed by atoms with E-state index in [0.29, 0.717) is 0 Å². The maximum Gasteiger partial charge on any atom is 0.412 e. The summed E-state index contributed by atoms with van der Waals surface area (Å²) in [5, 5.41) is 2.20. The Balaban J connectivity index is 3.06. The van der Waals surface area contributed by atoms with E-state index < -0.39 is 26.8 Å². The fraction of sp³-hybridized carbons (Fsp3) is 0.364. The van der Waals surface area contributed by atoms with Gasteiger partial charge >= 0.3 is 16.3 Å². The average molecular weight is 310 g/mol. The number of anilines is 1. The summed E-state index contributed by atoms with van der Waals surface area (Å²) in [7, 11) is -5.00. The first-order valence-corrected chi connectivity index (χ1v) is 6.99. The molecular formula is C11H13ClFNO4S. The Kier molecular flexibility index (Phi) is 4.42. The van der Waals surface area contributed by atoms with Crippen LogP contribution in [0.3, 0.4) is 0 Å². The van der Waals surface area contributed by atoms with Gasteiger partial charge in [0, 0.05) is 5.02 Å². The molecule has 0 spiro atoms. The fourth-order valence-corrected chi connectivity index (χ4v) is 2.10. The van der Waals surface area contributed by atoms with E-state index in [2.05, 4.69) is 5.32 Å². The third kappa shape index (κ3) is 5.04. The minimum atomic E-state index is -5.00. The number of nitrogens with one attached hydrogen (secondary N) is 1. The molecule has 106 valence electrons. The molecule has 1 rings (SSSR count). The monoisotopic (exact) mass is 309 g/mol. The van der Waals surface area contributed by atoms with E-state index in [9.17, 15) is 17.1 Å². The number of rotatable bonds is 2. The zero-order chi connectivity index (χ0) is 14.8. The van der Waals surface area contributed by atoms with Crippen molar-refractivity contribution in [1.82, 2.24) is 0 Å². The second-order valence-electron chi connectivity index (χ2n) is 4.71. The second-order valence-corrected chi connectivity index (χ2v) is 6.46. The highest BCUT2D eigenvalue weighted by molar-refractivity contribution is 7.86. The van der Waals surface area contributed by atoms with Crippen molar-refractivity contribution in [1.29, 1.82) is 0 Å². The molecule has 1 aromatic rings. The topological polar surface area (TPSA) is 72.5 Å². The Bertz CT molecular complexity index is 595. The van der Waals surface area contributed by atoms with Gasteiger partial charge < -0.3 is 4.74 Å². The molecule has 0 fully saturated rings. The lowest BCUT2D eigenvalue weighted by atomic mass is 10.2. The first-order chi connectivity index (χ1) is 8.49. The molecule has 0 bridgehead atoms. The van der Waals surface area contributed by atoms with Gasteiger partial charge in [0.05, 0.1) is 5.69 Å². The minimum Gasteiger partial charge on any atom is -0.444 e. The highest BCUT2D eigenvalue weighted by atomic mass is 35.5. The number of carbonyl (C=O) groups excluding carboxylic acids is 1. The van der Waals surface area contributed by atoms with Crippen molar-refractivity contribution < 1.29 is 21.8 Å². The Morgan fingerprint density at radius 3 is 2.42 bits per heavy atom. The van der Waals surface area contributed by atoms with E-state index in [1.165, 1.54) is 12.1 Å². The van der Waals surface area contributed by atoms with Gasteiger partial charge in [-0.3, -0.25) is 5.32 Å². The van der Waals surface area contributed by atoms with Gasteiger partial charge in [-0.1, -0.05) is 11.6 Å². The van der Waals surface area contributed by atoms with Crippen molar-refractivity contribution in [3.05, 3.63) is 23.2 Å². The van der Waals surface area contributed by atoms with Crippen LogP contribution in [0.25, 0.3) is 0 Å². The maximum atomic E-state index is 13.1. The lowest BCUT2D eigenvalue weighted by molar-refractivity contribution is 0.0635. The largest absolute Gasteiger partial charge is 0.444 e. The van der Waals surface area contributed by atoms with Crippen molar-refractivity contribution in [2.75, 3.05) is 5.32 Å². The molecule has 0 atom stereocenters. The summed E-state index contributed by atoms with van der Waals surface area (Å²) in [6, 6.07) is 3.41. The fourth-order valence-electron chi connectivity index (χ4n) is 1.21. The molecular weight excluding hydrogens is 297 g/mol. The van der Waals surface area contributed by atoms with Crippen molar-refractivity contribution in [2.45, 2.75) is 31.3 Å². The molecule has 5 nitrogen and oxygen atoms in total. The summed E-state index contributed by atoms with van der Waals surface area (Å²) in [5.74, 6) is 0. The van der Waals surface area contributed by atoms with Crippen LogP contribution < -0.4 is 5.32 Å². The van der Waals surface area contributed by atoms with Gasteiger partial charge in [0.1, 0.15) is 10.5 Å². The van der Waals surface area contributed by atoms with Gasteiger partial charge in [0.2, 0.25) is 0 Å². The van der Waals surface area contributed by atoms with Crippen LogP contribution in [0.15, 0.2) is 23.1 Å². The van der Waals surface area contributed by atoms with Crippen molar-refractivity contribution in [2.24, 2.45) is 0 Å². The molecule has 19 heavy (non-hydrogen) atoms. The summed E-state index contributed by atoms with van der Waals surface area (Å²) in [5.41, 5.74) is -0.994. The van der Waals surface area contributed by atoms with E-state index in [0.717, 1.165) is 6.07 Å². The first kappa shape index (κ1) is 15.7. The molecule has 0 unspecified atom stereocenters. The van der Waals surface area contributed by atoms with Crippen LogP contribution >= 0.6 is 11.6 Å². The molecule has 0 heterocycles. The first-order valence-electron chi connectivity index (χ1n) is 5.23. The van der Waals surface area contributed by atoms with E-state index >= 15 is 0 Å². The lowest BCUT2D eigenvalue weighted by Crippen LogP contribution is -2.27. The second kappa shape index (κ2) is 5.34. The van der Waals surface area contributed by atoms with Crippen molar-refractivity contribution in [3.8, 4) is 0 Å². The maximum absolute atomic E-state index is 13.1. The van der Waals surface area contributed by atoms with Gasteiger partial charge in [-0.15, -0.1) is 3.89 Å². The normalized spacial score (nSPS) is 12.1. The van der Waals surface area contributed by atoms with Gasteiger partial charge in [-0.2, -0.15) is 8.42 Å². The van der Waals surface area contributed by atoms with Gasteiger partial charge in [0.25, 0.3) is 0 Å². The van der Waals surface area contributed by atoms with Gasteiger partial charge in [-0.25, -0.2) is 4.79 Å². The average Bonchev–Trinajstić information content (AvgIpc) is 2.16. The standard InChI is InChI=1S/C11H13ClFNO4S/c1-11(2,3)18-10(15)14-8-5-4-7(12)6-9(8)19(13,16)17/h4-6H,1-3H3,(H,14,15). The summed E-state index contributed by atoms with van der Waals surface area (Å²) in [6.07, 6.45) is -0.889. The Morgan fingerprint density at radius 2 is 1.95 bits per heavy atom. The number of benzene rings is 1. The number of amides is 1. The third-order valence-electron chi connectivity index (χ3n) is 1.84. The molecule has 1 amide bonds. The van der Waals surface area contributed by atoms with E-state index in [-0.39, 0.29) is 10.7 Å². The van der Waals surface area contributed by atoms with Crippen LogP contribution in [0.2, 0.25) is 5.02 Å². The van der Waals surface area contributed by atoms with Crippen LogP contribution in [0, 0.1) is 0 Å². The number of hydrogen-bond donors (Lipinski definition) is 1. The third-order valence-corrected chi connectivity index (χ3v) is 2.94. The SMILES string of the molecule is CC(C)(C)OC(=O)Nc1ccc(Cl)cc1S(=O)(=O)F. The Hall–Kier alpha value is -1.34. The minimum absolute atomic E-state index is 0.0333. The summed E-state index contributed by atoms with van der Waals surface area (Å²) >= 11 is 5.59. The summed E-state index contributed by atoms with van der Waals surface area (Å²) in [6.45, 7) is 4.92. The zero-order valence-electron chi connectivity index (χ0n) is 10.5. The molecule has 0 saturated heterocycles. The molecule has 0 aliphatic heterocycles. The number of carbonyl (C=O) groups is 1. The Labute approximate surface area is 115 Å². The quantitative estimate of drug-likeness (QED) is 0.850. The Morgan fingerprint density at radius 1 is 1.37 bits per heavy atom. The van der Waals surface area contributed by atoms with Gasteiger partial charge in [0.15, 0.2) is 0 Å². The molecule has 0 radical (unpaired) electrons. The smallest absolute Gasteiger partial charge is 0.412 e. The molecule has 1 N–H and O–H groups in total. The highest BCUT2D eigenvalue weighted by Crippen LogP contribution is 2.27.